The molecule has 2 aromatic carbocycles. The van der Waals surface area contributed by atoms with Crippen LogP contribution >= 0.6 is 0 Å². The molecule has 7 heteroatoms. The first-order chi connectivity index (χ1) is 11.6. The van der Waals surface area contributed by atoms with Crippen molar-refractivity contribution in [3.05, 3.63) is 59.9 Å². The van der Waals surface area contributed by atoms with Gasteiger partial charge in [0.15, 0.2) is 18.1 Å². The van der Waals surface area contributed by atoms with Crippen LogP contribution in [-0.4, -0.2) is 25.5 Å². The zero-order chi connectivity index (χ0) is 17.4. The second-order valence-electron chi connectivity index (χ2n) is 4.80. The van der Waals surface area contributed by atoms with E-state index >= 15 is 0 Å². The Balaban J connectivity index is 1.77. The van der Waals surface area contributed by atoms with E-state index in [9.17, 15) is 14.0 Å². The van der Waals surface area contributed by atoms with Gasteiger partial charge in [0, 0.05) is 0 Å². The molecule has 0 fully saturated rings. The lowest BCUT2D eigenvalue weighted by molar-refractivity contribution is -0.129. The van der Waals surface area contributed by atoms with Crippen LogP contribution in [0.15, 0.2) is 48.5 Å². The van der Waals surface area contributed by atoms with Gasteiger partial charge in [-0.2, -0.15) is 0 Å². The summed E-state index contributed by atoms with van der Waals surface area (Å²) in [5.74, 6) is -0.659. The highest BCUT2D eigenvalue weighted by molar-refractivity contribution is 5.83. The van der Waals surface area contributed by atoms with Gasteiger partial charge in [-0.3, -0.25) is 20.4 Å². The highest BCUT2D eigenvalue weighted by Crippen LogP contribution is 2.25. The molecule has 0 radical (unpaired) electrons. The lowest BCUT2D eigenvalue weighted by Crippen LogP contribution is -2.44. The predicted molar refractivity (Wildman–Crippen MR) is 84.9 cm³/mol. The minimum Gasteiger partial charge on any atom is -0.493 e. The molecule has 0 spiro atoms. The van der Waals surface area contributed by atoms with Crippen LogP contribution in [0, 0.1) is 5.82 Å². The number of amides is 2. The van der Waals surface area contributed by atoms with Gasteiger partial charge in [-0.25, -0.2) is 4.39 Å². The van der Waals surface area contributed by atoms with Gasteiger partial charge >= 0.3 is 0 Å². The van der Waals surface area contributed by atoms with Crippen LogP contribution in [0.2, 0.25) is 0 Å². The number of carbonyl (C=O) groups is 2. The van der Waals surface area contributed by atoms with E-state index in [1.54, 1.807) is 30.3 Å². The summed E-state index contributed by atoms with van der Waals surface area (Å²) in [4.78, 5) is 23.4. The van der Waals surface area contributed by atoms with Crippen molar-refractivity contribution in [3.8, 4) is 11.5 Å². The van der Waals surface area contributed by atoms with Gasteiger partial charge in [0.2, 0.25) is 5.91 Å². The van der Waals surface area contributed by atoms with E-state index in [1.165, 1.54) is 25.3 Å². The highest BCUT2D eigenvalue weighted by Gasteiger charge is 2.10. The lowest BCUT2D eigenvalue weighted by atomic mass is 10.1. The van der Waals surface area contributed by atoms with Crippen molar-refractivity contribution in [3.63, 3.8) is 0 Å². The van der Waals surface area contributed by atoms with Crippen molar-refractivity contribution in [2.24, 2.45) is 0 Å². The van der Waals surface area contributed by atoms with E-state index in [4.69, 9.17) is 9.47 Å². The normalized spacial score (nSPS) is 9.92. The number of para-hydroxylation sites is 2. The summed E-state index contributed by atoms with van der Waals surface area (Å²) in [7, 11) is 1.49. The van der Waals surface area contributed by atoms with Crippen molar-refractivity contribution in [2.75, 3.05) is 13.7 Å². The number of ether oxygens (including phenoxy) is 2. The Hall–Kier alpha value is -3.09. The number of nitrogens with one attached hydrogen (secondary N) is 2. The Morgan fingerprint density at radius 2 is 1.58 bits per heavy atom. The summed E-state index contributed by atoms with van der Waals surface area (Å²) < 4.78 is 23.8. The first-order valence-electron chi connectivity index (χ1n) is 7.17. The van der Waals surface area contributed by atoms with Gasteiger partial charge < -0.3 is 9.47 Å². The van der Waals surface area contributed by atoms with E-state index in [0.717, 1.165) is 0 Å². The molecule has 0 unspecified atom stereocenters. The number of hydrazine groups is 1. The van der Waals surface area contributed by atoms with Crippen LogP contribution in [0.1, 0.15) is 5.56 Å². The minimum absolute atomic E-state index is 0.180. The molecule has 2 amide bonds. The minimum atomic E-state index is -0.553. The lowest BCUT2D eigenvalue weighted by Gasteiger charge is -2.11. The summed E-state index contributed by atoms with van der Waals surface area (Å²) >= 11 is 0. The maximum absolute atomic E-state index is 13.4. The Bertz CT molecular complexity index is 721. The van der Waals surface area contributed by atoms with Gasteiger partial charge in [-0.05, 0) is 23.8 Å². The van der Waals surface area contributed by atoms with E-state index in [2.05, 4.69) is 10.9 Å². The Morgan fingerprint density at radius 3 is 2.29 bits per heavy atom. The number of benzene rings is 2. The number of halogens is 1. The molecule has 0 saturated heterocycles. The third kappa shape index (κ3) is 4.98. The van der Waals surface area contributed by atoms with Crippen molar-refractivity contribution >= 4 is 11.8 Å². The summed E-state index contributed by atoms with van der Waals surface area (Å²) in [6.45, 7) is -0.305. The van der Waals surface area contributed by atoms with E-state index in [0.29, 0.717) is 11.5 Å². The summed E-state index contributed by atoms with van der Waals surface area (Å²) in [6, 6.07) is 12.8. The maximum atomic E-state index is 13.4. The standard InChI is InChI=1S/C17H17FN2O4/c1-23-14-8-4-5-9-15(14)24-11-17(22)20-19-16(21)10-12-6-2-3-7-13(12)18/h2-9H,10-11H2,1H3,(H,19,21)(H,20,22). The van der Waals surface area contributed by atoms with Gasteiger partial charge in [0.25, 0.3) is 5.91 Å². The number of rotatable bonds is 6. The molecule has 2 N–H and O–H groups in total. The molecule has 0 aliphatic carbocycles. The monoisotopic (exact) mass is 332 g/mol. The number of carbonyl (C=O) groups excluding carboxylic acids is 2. The zero-order valence-electron chi connectivity index (χ0n) is 13.0. The molecule has 0 aromatic heterocycles. The molecule has 0 atom stereocenters. The average molecular weight is 332 g/mol. The molecule has 0 aliphatic rings. The molecule has 24 heavy (non-hydrogen) atoms. The molecule has 0 saturated carbocycles. The second-order valence-corrected chi connectivity index (χ2v) is 4.80. The molecule has 2 aromatic rings. The number of hydrogen-bond donors (Lipinski definition) is 2. The second kappa shape index (κ2) is 8.52. The Morgan fingerprint density at radius 1 is 0.958 bits per heavy atom. The van der Waals surface area contributed by atoms with Crippen molar-refractivity contribution < 1.29 is 23.5 Å². The molecule has 126 valence electrons. The zero-order valence-corrected chi connectivity index (χ0v) is 13.0. The van der Waals surface area contributed by atoms with Crippen LogP contribution in [0.3, 0.4) is 0 Å². The van der Waals surface area contributed by atoms with Gasteiger partial charge in [-0.15, -0.1) is 0 Å². The Labute approximate surface area is 138 Å². The largest absolute Gasteiger partial charge is 0.493 e. The molecular formula is C17H17FN2O4. The van der Waals surface area contributed by atoms with E-state index < -0.39 is 17.6 Å². The predicted octanol–water partition coefficient (Wildman–Crippen LogP) is 1.60. The van der Waals surface area contributed by atoms with E-state index in [-0.39, 0.29) is 18.6 Å². The SMILES string of the molecule is COc1ccccc1OCC(=O)NNC(=O)Cc1ccccc1F. The van der Waals surface area contributed by atoms with Crippen LogP contribution in [-0.2, 0) is 16.0 Å². The van der Waals surface area contributed by atoms with Crippen LogP contribution < -0.4 is 20.3 Å². The molecule has 6 nitrogen and oxygen atoms in total. The third-order valence-electron chi connectivity index (χ3n) is 3.08. The van der Waals surface area contributed by atoms with Crippen molar-refractivity contribution in [1.82, 2.24) is 10.9 Å². The van der Waals surface area contributed by atoms with Crippen molar-refractivity contribution in [2.45, 2.75) is 6.42 Å². The summed E-state index contributed by atoms with van der Waals surface area (Å²) in [6.07, 6.45) is -0.180. The fourth-order valence-corrected chi connectivity index (χ4v) is 1.92. The molecule has 0 aliphatic heterocycles. The number of hydrogen-bond acceptors (Lipinski definition) is 4. The fraction of sp³-hybridized carbons (Fsp3) is 0.176. The fourth-order valence-electron chi connectivity index (χ4n) is 1.92. The maximum Gasteiger partial charge on any atom is 0.276 e. The molecule has 0 bridgehead atoms. The molecular weight excluding hydrogens is 315 g/mol. The molecule has 0 heterocycles. The first-order valence-corrected chi connectivity index (χ1v) is 7.17. The van der Waals surface area contributed by atoms with E-state index in [1.807, 2.05) is 0 Å². The topological polar surface area (TPSA) is 76.7 Å². The average Bonchev–Trinajstić information content (AvgIpc) is 2.60. The van der Waals surface area contributed by atoms with Gasteiger partial charge in [-0.1, -0.05) is 30.3 Å². The van der Waals surface area contributed by atoms with Gasteiger partial charge in [0.05, 0.1) is 13.5 Å². The smallest absolute Gasteiger partial charge is 0.276 e. The van der Waals surface area contributed by atoms with Gasteiger partial charge in [0.1, 0.15) is 5.82 Å². The quantitative estimate of drug-likeness (QED) is 0.788. The van der Waals surface area contributed by atoms with Crippen LogP contribution in [0.4, 0.5) is 4.39 Å². The van der Waals surface area contributed by atoms with Crippen LogP contribution in [0.5, 0.6) is 11.5 Å². The first kappa shape index (κ1) is 17.3. The Kier molecular flexibility index (Phi) is 6.13. The summed E-state index contributed by atoms with van der Waals surface area (Å²) in [5, 5.41) is 0. The third-order valence-corrected chi connectivity index (χ3v) is 3.08. The summed E-state index contributed by atoms with van der Waals surface area (Å²) in [5.41, 5.74) is 4.65. The molecule has 2 rings (SSSR count). The van der Waals surface area contributed by atoms with Crippen LogP contribution in [0.25, 0.3) is 0 Å². The van der Waals surface area contributed by atoms with Crippen molar-refractivity contribution in [1.29, 1.82) is 0 Å². The number of methoxy groups -OCH3 is 1. The highest BCUT2D eigenvalue weighted by atomic mass is 19.1.